The van der Waals surface area contributed by atoms with Gasteiger partial charge in [-0.3, -0.25) is 9.36 Å². The summed E-state index contributed by atoms with van der Waals surface area (Å²) >= 11 is 8.65. The van der Waals surface area contributed by atoms with E-state index in [1.807, 2.05) is 30.3 Å². The molecular weight excluding hydrogens is 474 g/mol. The van der Waals surface area contributed by atoms with Gasteiger partial charge in [0.15, 0.2) is 16.8 Å². The molecule has 0 aliphatic carbocycles. The van der Waals surface area contributed by atoms with Gasteiger partial charge >= 0.3 is 0 Å². The molecule has 4 rings (SSSR count). The Labute approximate surface area is 206 Å². The highest BCUT2D eigenvalue weighted by atomic mass is 35.5. The molecule has 0 saturated heterocycles. The largest absolute Gasteiger partial charge is 0.486 e. The summed E-state index contributed by atoms with van der Waals surface area (Å²) < 4.78 is 8.67. The number of aryl methyl sites for hydroxylation is 1. The maximum atomic E-state index is 12.6. The highest BCUT2D eigenvalue weighted by molar-refractivity contribution is 7.99. The summed E-state index contributed by atoms with van der Waals surface area (Å²) in [6.07, 6.45) is 0.986. The van der Waals surface area contributed by atoms with E-state index in [2.05, 4.69) is 52.9 Å². The lowest BCUT2D eigenvalue weighted by molar-refractivity contribution is 0.102. The molecule has 8 heteroatoms. The predicted molar refractivity (Wildman–Crippen MR) is 135 cm³/mol. The zero-order valence-electron chi connectivity index (χ0n) is 18.4. The van der Waals surface area contributed by atoms with E-state index in [-0.39, 0.29) is 24.2 Å². The lowest BCUT2D eigenvalue weighted by atomic mass is 10.1. The first-order chi connectivity index (χ1) is 16.0. The fraction of sp³-hybridized carbons (Fsp3) is 0.240. The Morgan fingerprint density at radius 1 is 1.09 bits per heavy atom. The van der Waals surface area contributed by atoms with Gasteiger partial charge in [-0.15, -0.1) is 21.5 Å². The van der Waals surface area contributed by atoms with Gasteiger partial charge in [-0.25, -0.2) is 0 Å². The summed E-state index contributed by atoms with van der Waals surface area (Å²) in [6.45, 7) is 4.51. The van der Waals surface area contributed by atoms with Crippen molar-refractivity contribution in [1.29, 1.82) is 0 Å². The van der Waals surface area contributed by atoms with Crippen molar-refractivity contribution in [3.8, 4) is 5.75 Å². The molecule has 170 valence electrons. The minimum atomic E-state index is -0.0175. The first-order valence-corrected chi connectivity index (χ1v) is 12.8. The van der Waals surface area contributed by atoms with E-state index in [9.17, 15) is 4.79 Å². The molecule has 0 aliphatic heterocycles. The molecule has 0 radical (unpaired) electrons. The van der Waals surface area contributed by atoms with Gasteiger partial charge in [0.25, 0.3) is 0 Å². The van der Waals surface area contributed by atoms with Crippen LogP contribution in [-0.2, 0) is 13.0 Å². The molecule has 2 aromatic heterocycles. The molecule has 4 aromatic rings. The van der Waals surface area contributed by atoms with Crippen molar-refractivity contribution in [2.75, 3.05) is 5.75 Å². The molecule has 1 unspecified atom stereocenters. The van der Waals surface area contributed by atoms with Gasteiger partial charge in [-0.2, -0.15) is 0 Å². The van der Waals surface area contributed by atoms with Crippen LogP contribution in [0, 0.1) is 0 Å². The van der Waals surface area contributed by atoms with E-state index >= 15 is 0 Å². The standard InChI is InChI=1S/C25H24ClN3O2S2/c1-3-18-9-11-20(12-10-18)31-15-24-27-28-25(29(24)17(2)19-7-5-4-6-8-19)32-16-21(30)22-13-14-23(26)33-22/h4-14,17H,3,15-16H2,1-2H3. The summed E-state index contributed by atoms with van der Waals surface area (Å²) in [6, 6.07) is 21.7. The van der Waals surface area contributed by atoms with E-state index in [0.29, 0.717) is 20.2 Å². The number of halogens is 1. The fourth-order valence-corrected chi connectivity index (χ4v) is 5.40. The van der Waals surface area contributed by atoms with Crippen LogP contribution in [0.25, 0.3) is 0 Å². The van der Waals surface area contributed by atoms with Gasteiger partial charge in [-0.05, 0) is 48.7 Å². The van der Waals surface area contributed by atoms with Crippen LogP contribution in [0.3, 0.4) is 0 Å². The zero-order chi connectivity index (χ0) is 23.2. The number of thiophene rings is 1. The Bertz CT molecular complexity index is 1210. The Morgan fingerprint density at radius 2 is 1.85 bits per heavy atom. The topological polar surface area (TPSA) is 57.0 Å². The summed E-state index contributed by atoms with van der Waals surface area (Å²) in [5.74, 6) is 1.77. The number of rotatable bonds is 10. The summed E-state index contributed by atoms with van der Waals surface area (Å²) in [5, 5.41) is 9.48. The molecule has 0 aliphatic rings. The molecule has 2 aromatic carbocycles. The molecule has 0 amide bonds. The van der Waals surface area contributed by atoms with Crippen molar-refractivity contribution in [1.82, 2.24) is 14.8 Å². The number of carbonyl (C=O) groups is 1. The maximum Gasteiger partial charge on any atom is 0.192 e. The van der Waals surface area contributed by atoms with Crippen molar-refractivity contribution < 1.29 is 9.53 Å². The molecule has 5 nitrogen and oxygen atoms in total. The Balaban J connectivity index is 1.55. The highest BCUT2D eigenvalue weighted by Crippen LogP contribution is 2.29. The Kier molecular flexibility index (Phi) is 7.85. The molecule has 0 fully saturated rings. The van der Waals surface area contributed by atoms with E-state index < -0.39 is 0 Å². The van der Waals surface area contributed by atoms with Crippen molar-refractivity contribution in [3.05, 3.63) is 92.9 Å². The molecular formula is C25H24ClN3O2S2. The van der Waals surface area contributed by atoms with Gasteiger partial charge in [0.05, 0.1) is 21.0 Å². The predicted octanol–water partition coefficient (Wildman–Crippen LogP) is 6.72. The third kappa shape index (κ3) is 5.85. The van der Waals surface area contributed by atoms with E-state index in [1.54, 1.807) is 12.1 Å². The zero-order valence-corrected chi connectivity index (χ0v) is 20.8. The number of hydrogen-bond donors (Lipinski definition) is 0. The van der Waals surface area contributed by atoms with Crippen molar-refractivity contribution >= 4 is 40.5 Å². The normalized spacial score (nSPS) is 12.0. The van der Waals surface area contributed by atoms with Crippen LogP contribution in [0.5, 0.6) is 5.75 Å². The number of nitrogens with zero attached hydrogens (tertiary/aromatic N) is 3. The Morgan fingerprint density at radius 3 is 2.52 bits per heavy atom. The SMILES string of the molecule is CCc1ccc(OCc2nnc(SCC(=O)c3ccc(Cl)s3)n2C(C)c2ccccc2)cc1. The van der Waals surface area contributed by atoms with Gasteiger partial charge < -0.3 is 4.74 Å². The Hall–Kier alpha value is -2.61. The summed E-state index contributed by atoms with van der Waals surface area (Å²) in [7, 11) is 0. The van der Waals surface area contributed by atoms with Crippen molar-refractivity contribution in [2.45, 2.75) is 38.1 Å². The number of carbonyl (C=O) groups excluding carboxylic acids is 1. The maximum absolute atomic E-state index is 12.6. The third-order valence-corrected chi connectivity index (χ3v) is 7.50. The summed E-state index contributed by atoms with van der Waals surface area (Å²) in [4.78, 5) is 13.2. The number of Topliss-reactive ketones (excluding diaryl/α,β-unsaturated/α-hetero) is 1. The monoisotopic (exact) mass is 497 g/mol. The number of ketones is 1. The number of ether oxygens (including phenoxy) is 1. The highest BCUT2D eigenvalue weighted by Gasteiger charge is 2.21. The molecule has 33 heavy (non-hydrogen) atoms. The lowest BCUT2D eigenvalue weighted by Gasteiger charge is -2.18. The average molecular weight is 498 g/mol. The second-order valence-corrected chi connectivity index (χ2v) is 10.1. The molecule has 1 atom stereocenters. The quantitative estimate of drug-likeness (QED) is 0.180. The van der Waals surface area contributed by atoms with Crippen LogP contribution in [0.15, 0.2) is 71.9 Å². The van der Waals surface area contributed by atoms with Gasteiger partial charge in [0.1, 0.15) is 12.4 Å². The van der Waals surface area contributed by atoms with Crippen LogP contribution >= 0.6 is 34.7 Å². The smallest absolute Gasteiger partial charge is 0.192 e. The lowest BCUT2D eigenvalue weighted by Crippen LogP contribution is -2.14. The molecule has 0 N–H and O–H groups in total. The van der Waals surface area contributed by atoms with Gasteiger partial charge in [0.2, 0.25) is 0 Å². The average Bonchev–Trinajstić information content (AvgIpc) is 3.47. The minimum absolute atomic E-state index is 0.0175. The van der Waals surface area contributed by atoms with E-state index in [1.165, 1.54) is 28.7 Å². The number of hydrogen-bond acceptors (Lipinski definition) is 6. The molecule has 0 bridgehead atoms. The molecule has 2 heterocycles. The van der Waals surface area contributed by atoms with Gasteiger partial charge in [-0.1, -0.05) is 72.8 Å². The van der Waals surface area contributed by atoms with Crippen LogP contribution in [0.2, 0.25) is 4.34 Å². The number of benzene rings is 2. The number of thioether (sulfide) groups is 1. The van der Waals surface area contributed by atoms with Crippen molar-refractivity contribution in [3.63, 3.8) is 0 Å². The second-order valence-electron chi connectivity index (χ2n) is 7.46. The van der Waals surface area contributed by atoms with Crippen LogP contribution in [-0.4, -0.2) is 26.3 Å². The van der Waals surface area contributed by atoms with Crippen molar-refractivity contribution in [2.24, 2.45) is 0 Å². The number of aromatic nitrogens is 3. The summed E-state index contributed by atoms with van der Waals surface area (Å²) in [5.41, 5.74) is 2.39. The molecule has 0 saturated carbocycles. The van der Waals surface area contributed by atoms with Gasteiger partial charge in [0, 0.05) is 0 Å². The first-order valence-electron chi connectivity index (χ1n) is 10.7. The fourth-order valence-electron chi connectivity index (χ4n) is 3.41. The molecule has 0 spiro atoms. The second kappa shape index (κ2) is 11.0. The minimum Gasteiger partial charge on any atom is -0.486 e. The van der Waals surface area contributed by atoms with Crippen LogP contribution < -0.4 is 4.74 Å². The van der Waals surface area contributed by atoms with E-state index in [0.717, 1.165) is 17.7 Å². The van der Waals surface area contributed by atoms with Crippen LogP contribution in [0.1, 0.15) is 46.5 Å². The first kappa shape index (κ1) is 23.5. The van der Waals surface area contributed by atoms with E-state index in [4.69, 9.17) is 16.3 Å². The third-order valence-electron chi connectivity index (χ3n) is 5.28. The van der Waals surface area contributed by atoms with Crippen LogP contribution in [0.4, 0.5) is 0 Å².